The van der Waals surface area contributed by atoms with Gasteiger partial charge in [-0.15, -0.1) is 0 Å². The predicted molar refractivity (Wildman–Crippen MR) is 116 cm³/mol. The normalized spacial score (nSPS) is 11.9. The molecule has 0 saturated heterocycles. The van der Waals surface area contributed by atoms with Crippen LogP contribution in [0.3, 0.4) is 0 Å². The smallest absolute Gasteiger partial charge is 0.258 e. The van der Waals surface area contributed by atoms with Crippen molar-refractivity contribution >= 4 is 33.7 Å². The van der Waals surface area contributed by atoms with Crippen LogP contribution < -0.4 is 10.1 Å². The third-order valence-corrected chi connectivity index (χ3v) is 4.65. The first-order valence-corrected chi connectivity index (χ1v) is 9.76. The fourth-order valence-corrected chi connectivity index (χ4v) is 2.85. The number of hydrogen-bond acceptors (Lipinski definition) is 3. The second-order valence-electron chi connectivity index (χ2n) is 6.29. The molecule has 1 N–H and O–H groups in total. The van der Waals surface area contributed by atoms with Crippen molar-refractivity contribution in [2.45, 2.75) is 13.0 Å². The van der Waals surface area contributed by atoms with Gasteiger partial charge in [0.05, 0.1) is 11.7 Å². The van der Waals surface area contributed by atoms with E-state index in [9.17, 15) is 4.79 Å². The Morgan fingerprint density at radius 3 is 2.39 bits per heavy atom. The number of amides is 1. The van der Waals surface area contributed by atoms with E-state index >= 15 is 0 Å². The summed E-state index contributed by atoms with van der Waals surface area (Å²) < 4.78 is 6.60. The molecule has 0 spiro atoms. The highest BCUT2D eigenvalue weighted by atomic mass is 79.9. The highest BCUT2D eigenvalue weighted by Crippen LogP contribution is 2.17. The number of ether oxygens (including phenoxy) is 1. The summed E-state index contributed by atoms with van der Waals surface area (Å²) in [6.07, 6.45) is 1.79. The molecule has 0 aliphatic carbocycles. The Bertz CT molecular complexity index is 923. The summed E-state index contributed by atoms with van der Waals surface area (Å²) in [4.78, 5) is 16.5. The second-order valence-corrected chi connectivity index (χ2v) is 7.21. The summed E-state index contributed by atoms with van der Waals surface area (Å²) in [6, 6.07) is 25.0. The van der Waals surface area contributed by atoms with E-state index < -0.39 is 0 Å². The zero-order valence-electron chi connectivity index (χ0n) is 15.5. The van der Waals surface area contributed by atoms with Crippen LogP contribution in [0.5, 0.6) is 5.75 Å². The Labute approximate surface area is 173 Å². The van der Waals surface area contributed by atoms with E-state index in [4.69, 9.17) is 4.74 Å². The number of benzene rings is 3. The van der Waals surface area contributed by atoms with Crippen molar-refractivity contribution in [2.75, 3.05) is 6.61 Å². The molecule has 0 aliphatic rings. The molecule has 0 heterocycles. The lowest BCUT2D eigenvalue weighted by atomic mass is 10.1. The van der Waals surface area contributed by atoms with Crippen LogP contribution in [-0.4, -0.2) is 18.7 Å². The maximum atomic E-state index is 12.1. The molecule has 28 heavy (non-hydrogen) atoms. The summed E-state index contributed by atoms with van der Waals surface area (Å²) in [5, 5.41) is 2.93. The molecule has 0 aliphatic heterocycles. The summed E-state index contributed by atoms with van der Waals surface area (Å²) >= 11 is 3.40. The fraction of sp³-hybridized carbons (Fsp3) is 0.130. The Kier molecular flexibility index (Phi) is 6.98. The summed E-state index contributed by atoms with van der Waals surface area (Å²) in [6.45, 7) is 1.93. The molecule has 0 aromatic heterocycles. The van der Waals surface area contributed by atoms with Crippen molar-refractivity contribution in [3.63, 3.8) is 0 Å². The number of nitrogens with one attached hydrogen (secondary N) is 1. The maximum Gasteiger partial charge on any atom is 0.258 e. The Balaban J connectivity index is 1.48. The van der Waals surface area contributed by atoms with E-state index in [1.165, 1.54) is 0 Å². The largest absolute Gasteiger partial charge is 0.484 e. The molecule has 0 radical (unpaired) electrons. The van der Waals surface area contributed by atoms with Gasteiger partial charge in [-0.05, 0) is 66.6 Å². The topological polar surface area (TPSA) is 50.7 Å². The number of carbonyl (C=O) groups excluding carboxylic acids is 1. The standard InChI is InChI=1S/C23H21BrN2O2/c1-17(19-5-3-2-4-6-19)26-23(27)16-28-22-13-7-18(8-14-22)15-25-21-11-9-20(24)10-12-21/h2-15,17H,16H2,1H3,(H,26,27)/t17-/m1/s1. The van der Waals surface area contributed by atoms with Crippen LogP contribution in [0.4, 0.5) is 5.69 Å². The zero-order chi connectivity index (χ0) is 19.8. The number of aliphatic imine (C=N–C) groups is 1. The SMILES string of the molecule is C[C@@H](NC(=O)COc1ccc(C=Nc2ccc(Br)cc2)cc1)c1ccccc1. The lowest BCUT2D eigenvalue weighted by molar-refractivity contribution is -0.123. The first-order valence-electron chi connectivity index (χ1n) is 8.97. The molecule has 3 aromatic rings. The van der Waals surface area contributed by atoms with Crippen LogP contribution >= 0.6 is 15.9 Å². The maximum absolute atomic E-state index is 12.1. The van der Waals surface area contributed by atoms with Gasteiger partial charge < -0.3 is 10.1 Å². The predicted octanol–water partition coefficient (Wildman–Crippen LogP) is 5.46. The van der Waals surface area contributed by atoms with E-state index in [-0.39, 0.29) is 18.6 Å². The zero-order valence-corrected chi connectivity index (χ0v) is 17.1. The minimum atomic E-state index is -0.155. The van der Waals surface area contributed by atoms with E-state index in [1.54, 1.807) is 6.21 Å². The van der Waals surface area contributed by atoms with Gasteiger partial charge in [-0.2, -0.15) is 0 Å². The van der Waals surface area contributed by atoms with Gasteiger partial charge in [0.1, 0.15) is 5.75 Å². The van der Waals surface area contributed by atoms with E-state index in [0.29, 0.717) is 5.75 Å². The molecular weight excluding hydrogens is 416 g/mol. The van der Waals surface area contributed by atoms with Crippen molar-refractivity contribution < 1.29 is 9.53 Å². The molecule has 3 rings (SSSR count). The molecule has 1 amide bonds. The first-order chi connectivity index (χ1) is 13.6. The highest BCUT2D eigenvalue weighted by Gasteiger charge is 2.09. The Morgan fingerprint density at radius 2 is 1.71 bits per heavy atom. The number of halogens is 1. The number of nitrogens with zero attached hydrogens (tertiary/aromatic N) is 1. The van der Waals surface area contributed by atoms with Gasteiger partial charge in [-0.25, -0.2) is 0 Å². The fourth-order valence-electron chi connectivity index (χ4n) is 2.58. The molecule has 0 saturated carbocycles. The molecule has 0 unspecified atom stereocenters. The van der Waals surface area contributed by atoms with Crippen LogP contribution in [-0.2, 0) is 4.79 Å². The minimum Gasteiger partial charge on any atom is -0.484 e. The number of rotatable bonds is 7. The summed E-state index contributed by atoms with van der Waals surface area (Å²) in [5.74, 6) is 0.487. The van der Waals surface area contributed by atoms with Gasteiger partial charge in [0, 0.05) is 10.7 Å². The molecule has 4 nitrogen and oxygen atoms in total. The van der Waals surface area contributed by atoms with E-state index in [2.05, 4.69) is 26.2 Å². The van der Waals surface area contributed by atoms with Crippen LogP contribution in [0.1, 0.15) is 24.1 Å². The van der Waals surface area contributed by atoms with Crippen LogP contribution in [0.15, 0.2) is 88.3 Å². The number of carbonyl (C=O) groups is 1. The van der Waals surface area contributed by atoms with Crippen LogP contribution in [0.2, 0.25) is 0 Å². The average Bonchev–Trinajstić information content (AvgIpc) is 2.73. The molecule has 0 bridgehead atoms. The van der Waals surface area contributed by atoms with Gasteiger partial charge in [-0.1, -0.05) is 46.3 Å². The van der Waals surface area contributed by atoms with Gasteiger partial charge in [0.2, 0.25) is 0 Å². The van der Waals surface area contributed by atoms with Crippen molar-refractivity contribution in [3.8, 4) is 5.75 Å². The molecule has 3 aromatic carbocycles. The van der Waals surface area contributed by atoms with E-state index in [0.717, 1.165) is 21.3 Å². The van der Waals surface area contributed by atoms with Crippen molar-refractivity contribution in [3.05, 3.63) is 94.5 Å². The second kappa shape index (κ2) is 9.85. The molecule has 5 heteroatoms. The minimum absolute atomic E-state index is 0.0243. The summed E-state index contributed by atoms with van der Waals surface area (Å²) in [7, 11) is 0. The molecular formula is C23H21BrN2O2. The molecule has 142 valence electrons. The van der Waals surface area contributed by atoms with Crippen molar-refractivity contribution in [2.24, 2.45) is 4.99 Å². The monoisotopic (exact) mass is 436 g/mol. The number of hydrogen-bond donors (Lipinski definition) is 1. The van der Waals surface area contributed by atoms with E-state index in [1.807, 2.05) is 85.8 Å². The van der Waals surface area contributed by atoms with Crippen molar-refractivity contribution in [1.82, 2.24) is 5.32 Å². The van der Waals surface area contributed by atoms with Gasteiger partial charge in [0.25, 0.3) is 5.91 Å². The van der Waals surface area contributed by atoms with Gasteiger partial charge >= 0.3 is 0 Å². The Hall–Kier alpha value is -2.92. The average molecular weight is 437 g/mol. The lowest BCUT2D eigenvalue weighted by Gasteiger charge is -2.14. The third kappa shape index (κ3) is 6.06. The van der Waals surface area contributed by atoms with Crippen LogP contribution in [0, 0.1) is 0 Å². The highest BCUT2D eigenvalue weighted by molar-refractivity contribution is 9.10. The molecule has 0 fully saturated rings. The van der Waals surface area contributed by atoms with Crippen molar-refractivity contribution in [1.29, 1.82) is 0 Å². The lowest BCUT2D eigenvalue weighted by Crippen LogP contribution is -2.31. The van der Waals surface area contributed by atoms with Crippen LogP contribution in [0.25, 0.3) is 0 Å². The molecule has 1 atom stereocenters. The Morgan fingerprint density at radius 1 is 1.04 bits per heavy atom. The third-order valence-electron chi connectivity index (χ3n) is 4.12. The quantitative estimate of drug-likeness (QED) is 0.500. The first kappa shape index (κ1) is 19.8. The van der Waals surface area contributed by atoms with Gasteiger partial charge in [-0.3, -0.25) is 9.79 Å². The summed E-state index contributed by atoms with van der Waals surface area (Å²) in [5.41, 5.74) is 2.90. The van der Waals surface area contributed by atoms with Gasteiger partial charge in [0.15, 0.2) is 6.61 Å².